The molecule has 5 atom stereocenters. The van der Waals surface area contributed by atoms with Gasteiger partial charge in [0.1, 0.15) is 41.3 Å². The first-order valence-corrected chi connectivity index (χ1v) is 10.7. The van der Waals surface area contributed by atoms with Crippen LogP contribution in [0.2, 0.25) is 0 Å². The number of aliphatic hydroxyl groups is 4. The van der Waals surface area contributed by atoms with Crippen LogP contribution in [0.15, 0.2) is 56.1 Å². The fourth-order valence-electron chi connectivity index (χ4n) is 4.11. The van der Waals surface area contributed by atoms with Crippen LogP contribution in [0.1, 0.15) is 10.6 Å². The van der Waals surface area contributed by atoms with Crippen molar-refractivity contribution in [2.75, 3.05) is 6.61 Å². The number of rotatable bonds is 5. The Morgan fingerprint density at radius 2 is 1.61 bits per heavy atom. The Balaban J connectivity index is 1.79. The highest BCUT2D eigenvalue weighted by molar-refractivity contribution is 6.11. The number of aromatic hydroxyl groups is 1. The summed E-state index contributed by atoms with van der Waals surface area (Å²) in [5.41, 5.74) is -0.247. The van der Waals surface area contributed by atoms with Crippen LogP contribution >= 0.6 is 0 Å². The zero-order valence-corrected chi connectivity index (χ0v) is 18.3. The van der Waals surface area contributed by atoms with Crippen LogP contribution in [-0.4, -0.2) is 73.9 Å². The van der Waals surface area contributed by atoms with Crippen LogP contribution in [0.25, 0.3) is 33.3 Å². The third kappa shape index (κ3) is 3.96. The quantitative estimate of drug-likeness (QED) is 0.225. The van der Waals surface area contributed by atoms with Gasteiger partial charge in [-0.3, -0.25) is 4.79 Å². The van der Waals surface area contributed by atoms with Gasteiger partial charge in [0.15, 0.2) is 16.9 Å². The number of aliphatic hydroxyl groups excluding tert-OH is 4. The summed E-state index contributed by atoms with van der Waals surface area (Å²) in [6, 6.07) is 9.04. The molecule has 1 aliphatic rings. The zero-order chi connectivity index (χ0) is 25.7. The number of hydrogen-bond donors (Lipinski definition) is 6. The van der Waals surface area contributed by atoms with E-state index >= 15 is 0 Å². The molecule has 6 N–H and O–H groups in total. The second-order valence-electron chi connectivity index (χ2n) is 8.25. The molecule has 2 aromatic carbocycles. The molecule has 188 valence electrons. The van der Waals surface area contributed by atoms with Gasteiger partial charge in [-0.2, -0.15) is 0 Å². The van der Waals surface area contributed by atoms with Gasteiger partial charge in [0, 0.05) is 29.1 Å². The molecule has 0 spiro atoms. The van der Waals surface area contributed by atoms with E-state index in [9.17, 15) is 40.2 Å². The van der Waals surface area contributed by atoms with E-state index in [4.69, 9.17) is 18.3 Å². The number of hydrogen-bond acceptors (Lipinski definition) is 11. The van der Waals surface area contributed by atoms with Crippen LogP contribution in [0, 0.1) is 0 Å². The lowest BCUT2D eigenvalue weighted by Crippen LogP contribution is -2.60. The Morgan fingerprint density at radius 3 is 2.25 bits per heavy atom. The average Bonchev–Trinajstić information content (AvgIpc) is 2.85. The number of ether oxygens (including phenoxy) is 2. The lowest BCUT2D eigenvalue weighted by atomic mass is 9.99. The van der Waals surface area contributed by atoms with Crippen LogP contribution in [0.3, 0.4) is 0 Å². The molecule has 5 unspecified atom stereocenters. The van der Waals surface area contributed by atoms with Crippen molar-refractivity contribution in [2.24, 2.45) is 0 Å². The van der Waals surface area contributed by atoms with E-state index in [1.54, 1.807) is 0 Å². The predicted octanol–water partition coefficient (Wildman–Crippen LogP) is 0.789. The second kappa shape index (κ2) is 8.93. The second-order valence-corrected chi connectivity index (χ2v) is 8.25. The Hall–Kier alpha value is -3.94. The van der Waals surface area contributed by atoms with Crippen molar-refractivity contribution in [3.63, 3.8) is 0 Å². The average molecular weight is 500 g/mol. The monoisotopic (exact) mass is 500 g/mol. The van der Waals surface area contributed by atoms with Crippen molar-refractivity contribution in [1.82, 2.24) is 0 Å². The van der Waals surface area contributed by atoms with Crippen molar-refractivity contribution in [3.8, 4) is 22.8 Å². The number of carboxylic acids is 1. The number of carboxylic acid groups (broad SMARTS) is 1. The van der Waals surface area contributed by atoms with Gasteiger partial charge in [-0.1, -0.05) is 0 Å². The van der Waals surface area contributed by atoms with Crippen molar-refractivity contribution in [1.29, 1.82) is 0 Å². The number of phenols is 1. The highest BCUT2D eigenvalue weighted by Gasteiger charge is 2.45. The summed E-state index contributed by atoms with van der Waals surface area (Å²) in [4.78, 5) is 24.0. The smallest absolute Gasteiger partial charge is 0.371 e. The van der Waals surface area contributed by atoms with E-state index < -0.39 is 54.5 Å². The molecule has 4 aromatic rings. The predicted molar refractivity (Wildman–Crippen MR) is 121 cm³/mol. The van der Waals surface area contributed by atoms with Crippen molar-refractivity contribution in [3.05, 3.63) is 58.4 Å². The molecule has 0 radical (unpaired) electrons. The fraction of sp³-hybridized carbons (Fsp3) is 0.250. The number of carbonyl (C=O) groups is 1. The maximum absolute atomic E-state index is 12.2. The maximum atomic E-state index is 12.2. The van der Waals surface area contributed by atoms with E-state index in [0.717, 1.165) is 12.1 Å². The summed E-state index contributed by atoms with van der Waals surface area (Å²) in [7, 11) is 0. The van der Waals surface area contributed by atoms with E-state index in [-0.39, 0.29) is 39.2 Å². The van der Waals surface area contributed by atoms with E-state index in [0.29, 0.717) is 5.56 Å². The van der Waals surface area contributed by atoms with Crippen LogP contribution in [-0.2, 0) is 4.74 Å². The first-order valence-electron chi connectivity index (χ1n) is 10.7. The molecule has 3 heterocycles. The summed E-state index contributed by atoms with van der Waals surface area (Å²) in [6.07, 6.45) is -8.04. The Bertz CT molecular complexity index is 1500. The molecular weight excluding hydrogens is 480 g/mol. The molecule has 1 saturated heterocycles. The SMILES string of the molecule is O=C(O)c1cc2c(OC3OC(CO)C(O)C(O)C3O)c(-c3ccc(O)cc3)oc3cc(=O)cc(o1)c32. The fourth-order valence-corrected chi connectivity index (χ4v) is 4.11. The van der Waals surface area contributed by atoms with E-state index in [1.807, 2.05) is 0 Å². The molecule has 12 heteroatoms. The van der Waals surface area contributed by atoms with Crippen LogP contribution in [0.5, 0.6) is 11.5 Å². The van der Waals surface area contributed by atoms with Gasteiger partial charge in [0.25, 0.3) is 0 Å². The van der Waals surface area contributed by atoms with Gasteiger partial charge < -0.3 is 48.9 Å². The van der Waals surface area contributed by atoms with Gasteiger partial charge in [-0.15, -0.1) is 0 Å². The Kier molecular flexibility index (Phi) is 5.90. The minimum absolute atomic E-state index is 0.0334. The van der Waals surface area contributed by atoms with Gasteiger partial charge in [-0.05, 0) is 24.3 Å². The van der Waals surface area contributed by atoms with Gasteiger partial charge >= 0.3 is 5.97 Å². The third-order valence-electron chi connectivity index (χ3n) is 5.89. The molecule has 0 saturated carbocycles. The van der Waals surface area contributed by atoms with Gasteiger partial charge in [-0.25, -0.2) is 4.79 Å². The largest absolute Gasteiger partial charge is 0.508 e. The van der Waals surface area contributed by atoms with Crippen molar-refractivity contribution >= 4 is 27.9 Å². The number of benzene rings is 2. The molecule has 1 fully saturated rings. The number of aromatic carboxylic acids is 1. The first-order chi connectivity index (χ1) is 17.2. The Labute approximate surface area is 200 Å². The van der Waals surface area contributed by atoms with Gasteiger partial charge in [0.2, 0.25) is 12.1 Å². The van der Waals surface area contributed by atoms with Crippen molar-refractivity contribution < 1.29 is 53.7 Å². The minimum atomic E-state index is -1.77. The first kappa shape index (κ1) is 23.8. The summed E-state index contributed by atoms with van der Waals surface area (Å²) in [6.45, 7) is -0.697. The van der Waals surface area contributed by atoms with E-state index in [1.165, 1.54) is 30.3 Å². The minimum Gasteiger partial charge on any atom is -0.508 e. The third-order valence-corrected chi connectivity index (χ3v) is 5.89. The van der Waals surface area contributed by atoms with Crippen LogP contribution < -0.4 is 10.2 Å². The molecule has 2 aromatic heterocycles. The summed E-state index contributed by atoms with van der Waals surface area (Å²) in [5, 5.41) is 59.9. The summed E-state index contributed by atoms with van der Waals surface area (Å²) >= 11 is 0. The highest BCUT2D eigenvalue weighted by atomic mass is 16.7. The number of phenolic OH excluding ortho intramolecular Hbond substituents is 1. The van der Waals surface area contributed by atoms with Gasteiger partial charge in [0.05, 0.1) is 12.0 Å². The molecule has 1 aliphatic heterocycles. The topological polar surface area (TPSA) is 200 Å². The van der Waals surface area contributed by atoms with Crippen molar-refractivity contribution in [2.45, 2.75) is 30.7 Å². The molecule has 0 aliphatic carbocycles. The maximum Gasteiger partial charge on any atom is 0.371 e. The summed E-state index contributed by atoms with van der Waals surface area (Å²) in [5.74, 6) is -2.21. The standard InChI is InChI=1S/C24H20O12/c25-8-16-18(28)19(29)20(30)24(35-16)36-22-12-7-15(23(31)32)33-13-5-11(27)6-14(17(12)13)34-21(22)9-1-3-10(26)4-2-9/h1-7,16,18-20,24-26,28-30H,8H2,(H,31,32). The Morgan fingerprint density at radius 1 is 0.944 bits per heavy atom. The molecule has 12 nitrogen and oxygen atoms in total. The molecule has 0 bridgehead atoms. The van der Waals surface area contributed by atoms with Crippen LogP contribution in [0.4, 0.5) is 0 Å². The molecule has 36 heavy (non-hydrogen) atoms. The van der Waals surface area contributed by atoms with E-state index in [2.05, 4.69) is 0 Å². The molecular formula is C24H20O12. The lowest BCUT2D eigenvalue weighted by molar-refractivity contribution is -0.277. The highest BCUT2D eigenvalue weighted by Crippen LogP contribution is 2.43. The normalized spacial score (nSPS) is 24.3. The lowest BCUT2D eigenvalue weighted by Gasteiger charge is -2.39. The zero-order valence-electron chi connectivity index (χ0n) is 18.3. The molecule has 5 rings (SSSR count). The molecule has 0 amide bonds. The summed E-state index contributed by atoms with van der Waals surface area (Å²) < 4.78 is 22.7.